The molecule has 2 rings (SSSR count). The summed E-state index contributed by atoms with van der Waals surface area (Å²) in [7, 11) is -3.99. The molecule has 0 fully saturated rings. The maximum Gasteiger partial charge on any atom is 0.271 e. The number of aryl methyl sites for hydroxylation is 4. The van der Waals surface area contributed by atoms with Gasteiger partial charge in [0.2, 0.25) is 5.91 Å². The molecule has 0 heterocycles. The Hall–Kier alpha value is -1.41. The van der Waals surface area contributed by atoms with E-state index in [0.717, 1.165) is 15.4 Å². The third-order valence-corrected chi connectivity index (χ3v) is 6.67. The lowest BCUT2D eigenvalue weighted by atomic mass is 10.1. The third kappa shape index (κ3) is 3.49. The van der Waals surface area contributed by atoms with Crippen LogP contribution in [0.3, 0.4) is 0 Å². The summed E-state index contributed by atoms with van der Waals surface area (Å²) in [5.41, 5.74) is 3.66. The minimum absolute atomic E-state index is 0.194. The number of rotatable bonds is 3. The van der Waals surface area contributed by atoms with Crippen LogP contribution < -0.4 is 4.31 Å². The molecular formula is C18H20INO3S. The molecule has 0 saturated heterocycles. The highest BCUT2D eigenvalue weighted by Gasteiger charge is 2.32. The maximum atomic E-state index is 13.3. The molecule has 0 bridgehead atoms. The second-order valence-corrected chi connectivity index (χ2v) is 8.86. The molecule has 0 atom stereocenters. The van der Waals surface area contributed by atoms with Crippen LogP contribution >= 0.6 is 22.6 Å². The molecule has 0 saturated carbocycles. The van der Waals surface area contributed by atoms with Crippen LogP contribution in [0.15, 0.2) is 35.2 Å². The molecule has 24 heavy (non-hydrogen) atoms. The molecule has 2 aromatic rings. The van der Waals surface area contributed by atoms with Crippen LogP contribution in [0.25, 0.3) is 0 Å². The van der Waals surface area contributed by atoms with Crippen molar-refractivity contribution in [3.05, 3.63) is 56.2 Å². The molecule has 0 aliphatic rings. The predicted molar refractivity (Wildman–Crippen MR) is 105 cm³/mol. The van der Waals surface area contributed by atoms with Crippen LogP contribution in [-0.4, -0.2) is 14.3 Å². The summed E-state index contributed by atoms with van der Waals surface area (Å²) in [6, 6.07) is 8.97. The Morgan fingerprint density at radius 3 is 1.96 bits per heavy atom. The second kappa shape index (κ2) is 6.84. The van der Waals surface area contributed by atoms with E-state index < -0.39 is 15.9 Å². The SMILES string of the molecule is CC(=O)N(c1ccc(C)cc1I)S(=O)(=O)c1c(C)cc(C)cc1C. The Labute approximate surface area is 157 Å². The van der Waals surface area contributed by atoms with Crippen molar-refractivity contribution in [3.63, 3.8) is 0 Å². The number of anilines is 1. The van der Waals surface area contributed by atoms with Gasteiger partial charge in [-0.15, -0.1) is 0 Å². The summed E-state index contributed by atoms with van der Waals surface area (Å²) >= 11 is 2.06. The van der Waals surface area contributed by atoms with Gasteiger partial charge in [0.05, 0.1) is 10.6 Å². The van der Waals surface area contributed by atoms with Crippen molar-refractivity contribution in [2.45, 2.75) is 39.5 Å². The summed E-state index contributed by atoms with van der Waals surface area (Å²) < 4.78 is 28.2. The molecule has 6 heteroatoms. The average Bonchev–Trinajstić information content (AvgIpc) is 2.39. The number of benzene rings is 2. The van der Waals surface area contributed by atoms with E-state index in [1.54, 1.807) is 26.0 Å². The van der Waals surface area contributed by atoms with Gasteiger partial charge in [-0.1, -0.05) is 23.8 Å². The topological polar surface area (TPSA) is 54.5 Å². The summed E-state index contributed by atoms with van der Waals surface area (Å²) in [5.74, 6) is -0.531. The fourth-order valence-electron chi connectivity index (χ4n) is 2.91. The maximum absolute atomic E-state index is 13.3. The molecular weight excluding hydrogens is 437 g/mol. The fourth-order valence-corrected chi connectivity index (χ4v) is 5.86. The molecule has 0 aliphatic carbocycles. The first-order valence-electron chi connectivity index (χ1n) is 7.45. The van der Waals surface area contributed by atoms with E-state index >= 15 is 0 Å². The number of carbonyl (C=O) groups is 1. The van der Waals surface area contributed by atoms with Crippen LogP contribution in [0.5, 0.6) is 0 Å². The molecule has 0 radical (unpaired) electrons. The van der Waals surface area contributed by atoms with Crippen molar-refractivity contribution >= 4 is 44.2 Å². The van der Waals surface area contributed by atoms with Crippen molar-refractivity contribution in [2.24, 2.45) is 0 Å². The smallest absolute Gasteiger partial charge is 0.271 e. The molecule has 4 nitrogen and oxygen atoms in total. The number of hydrogen-bond acceptors (Lipinski definition) is 3. The van der Waals surface area contributed by atoms with E-state index in [0.29, 0.717) is 20.4 Å². The second-order valence-electron chi connectivity index (χ2n) is 5.97. The fraction of sp³-hybridized carbons (Fsp3) is 0.278. The van der Waals surface area contributed by atoms with Crippen LogP contribution in [0.4, 0.5) is 5.69 Å². The highest BCUT2D eigenvalue weighted by molar-refractivity contribution is 14.1. The van der Waals surface area contributed by atoms with Crippen LogP contribution in [0.1, 0.15) is 29.2 Å². The molecule has 0 spiro atoms. The summed E-state index contributed by atoms with van der Waals surface area (Å²) in [6.07, 6.45) is 0. The van der Waals surface area contributed by atoms with E-state index in [4.69, 9.17) is 0 Å². The lowest BCUT2D eigenvalue weighted by Gasteiger charge is -2.24. The largest absolute Gasteiger partial charge is 0.274 e. The van der Waals surface area contributed by atoms with Gasteiger partial charge in [-0.3, -0.25) is 4.79 Å². The predicted octanol–water partition coefficient (Wildman–Crippen LogP) is 4.27. The Morgan fingerprint density at radius 1 is 0.958 bits per heavy atom. The lowest BCUT2D eigenvalue weighted by Crippen LogP contribution is -2.36. The van der Waals surface area contributed by atoms with Gasteiger partial charge in [-0.2, -0.15) is 0 Å². The molecule has 0 aliphatic heterocycles. The van der Waals surface area contributed by atoms with Crippen LogP contribution in [-0.2, 0) is 14.8 Å². The van der Waals surface area contributed by atoms with E-state index in [9.17, 15) is 13.2 Å². The number of halogens is 1. The van der Waals surface area contributed by atoms with Crippen molar-refractivity contribution in [1.29, 1.82) is 0 Å². The van der Waals surface area contributed by atoms with Crippen LogP contribution in [0.2, 0.25) is 0 Å². The quantitative estimate of drug-likeness (QED) is 0.648. The molecule has 0 aromatic heterocycles. The molecule has 128 valence electrons. The van der Waals surface area contributed by atoms with Crippen molar-refractivity contribution in [2.75, 3.05) is 4.31 Å². The zero-order chi connectivity index (χ0) is 18.2. The minimum atomic E-state index is -3.99. The van der Waals surface area contributed by atoms with Gasteiger partial charge in [0.25, 0.3) is 10.0 Å². The number of amides is 1. The Morgan fingerprint density at radius 2 is 1.50 bits per heavy atom. The van der Waals surface area contributed by atoms with Gasteiger partial charge in [0.1, 0.15) is 0 Å². The van der Waals surface area contributed by atoms with E-state index in [1.165, 1.54) is 6.92 Å². The Balaban J connectivity index is 2.74. The van der Waals surface area contributed by atoms with Gasteiger partial charge >= 0.3 is 0 Å². The minimum Gasteiger partial charge on any atom is -0.274 e. The average molecular weight is 457 g/mol. The number of hydrogen-bond donors (Lipinski definition) is 0. The van der Waals surface area contributed by atoms with E-state index in [1.807, 2.05) is 32.0 Å². The first-order valence-corrected chi connectivity index (χ1v) is 9.97. The number of carbonyl (C=O) groups excluding carboxylic acids is 1. The zero-order valence-corrected chi connectivity index (χ0v) is 17.3. The van der Waals surface area contributed by atoms with Gasteiger partial charge in [-0.25, -0.2) is 12.7 Å². The molecule has 0 unspecified atom stereocenters. The van der Waals surface area contributed by atoms with Crippen molar-refractivity contribution in [3.8, 4) is 0 Å². The lowest BCUT2D eigenvalue weighted by molar-refractivity contribution is -0.115. The van der Waals surface area contributed by atoms with Gasteiger partial charge in [-0.05, 0) is 79.1 Å². The number of sulfonamides is 1. The molecule has 2 aromatic carbocycles. The molecule has 1 amide bonds. The highest BCUT2D eigenvalue weighted by atomic mass is 127. The Bertz CT molecular complexity index is 897. The third-order valence-electron chi connectivity index (χ3n) is 3.71. The van der Waals surface area contributed by atoms with E-state index in [2.05, 4.69) is 22.6 Å². The number of nitrogens with zero attached hydrogens (tertiary/aromatic N) is 1. The zero-order valence-electron chi connectivity index (χ0n) is 14.3. The summed E-state index contributed by atoms with van der Waals surface area (Å²) in [4.78, 5) is 12.4. The summed E-state index contributed by atoms with van der Waals surface area (Å²) in [6.45, 7) is 8.62. The van der Waals surface area contributed by atoms with Gasteiger partial charge in [0, 0.05) is 10.5 Å². The monoisotopic (exact) mass is 457 g/mol. The standard InChI is InChI=1S/C18H20INO3S/c1-11-6-7-17(16(19)10-11)20(15(5)21)24(22,23)18-13(3)8-12(2)9-14(18)4/h6-10H,1-5H3. The van der Waals surface area contributed by atoms with Crippen molar-refractivity contribution < 1.29 is 13.2 Å². The molecule has 0 N–H and O–H groups in total. The van der Waals surface area contributed by atoms with Gasteiger partial charge < -0.3 is 0 Å². The first-order chi connectivity index (χ1) is 11.1. The van der Waals surface area contributed by atoms with Gasteiger partial charge in [0.15, 0.2) is 0 Å². The highest BCUT2D eigenvalue weighted by Crippen LogP contribution is 2.32. The first kappa shape index (κ1) is 18.9. The Kier molecular flexibility index (Phi) is 5.39. The summed E-state index contributed by atoms with van der Waals surface area (Å²) in [5, 5.41) is 0. The normalized spacial score (nSPS) is 11.4. The van der Waals surface area contributed by atoms with E-state index in [-0.39, 0.29) is 4.90 Å². The van der Waals surface area contributed by atoms with Crippen molar-refractivity contribution in [1.82, 2.24) is 0 Å². The van der Waals surface area contributed by atoms with Crippen LogP contribution in [0, 0.1) is 31.3 Å².